The molecule has 0 spiro atoms. The zero-order valence-corrected chi connectivity index (χ0v) is 11.6. The summed E-state index contributed by atoms with van der Waals surface area (Å²) in [5, 5.41) is 14.4. The predicted octanol–water partition coefficient (Wildman–Crippen LogP) is 2.38. The van der Waals surface area contributed by atoms with Crippen LogP contribution < -0.4 is 15.4 Å². The Kier molecular flexibility index (Phi) is 3.56. The van der Waals surface area contributed by atoms with E-state index in [0.29, 0.717) is 24.5 Å². The number of aromatic nitrogens is 2. The highest BCUT2D eigenvalue weighted by molar-refractivity contribution is 5.62. The zero-order chi connectivity index (χ0) is 13.9. The number of rotatable bonds is 6. The van der Waals surface area contributed by atoms with E-state index in [1.165, 1.54) is 12.8 Å². The van der Waals surface area contributed by atoms with E-state index in [0.717, 1.165) is 17.0 Å². The lowest BCUT2D eigenvalue weighted by Crippen LogP contribution is -2.15. The lowest BCUT2D eigenvalue weighted by molar-refractivity contribution is 0.416. The van der Waals surface area contributed by atoms with Crippen LogP contribution in [0.15, 0.2) is 22.6 Å². The van der Waals surface area contributed by atoms with E-state index in [4.69, 9.17) is 9.15 Å². The summed E-state index contributed by atoms with van der Waals surface area (Å²) in [5.74, 6) is 1.33. The Morgan fingerprint density at radius 1 is 1.35 bits per heavy atom. The van der Waals surface area contributed by atoms with E-state index in [1.54, 1.807) is 7.11 Å². The van der Waals surface area contributed by atoms with Gasteiger partial charge in [-0.05, 0) is 37.5 Å². The Morgan fingerprint density at radius 3 is 2.95 bits per heavy atom. The average molecular weight is 274 g/mol. The van der Waals surface area contributed by atoms with Crippen molar-refractivity contribution in [3.05, 3.63) is 29.7 Å². The molecule has 20 heavy (non-hydrogen) atoms. The van der Waals surface area contributed by atoms with Crippen LogP contribution in [0.2, 0.25) is 0 Å². The molecule has 0 aliphatic heterocycles. The molecule has 2 aromatic rings. The van der Waals surface area contributed by atoms with Gasteiger partial charge in [-0.1, -0.05) is 11.2 Å². The van der Waals surface area contributed by atoms with E-state index in [9.17, 15) is 0 Å². The van der Waals surface area contributed by atoms with Crippen LogP contribution in [-0.2, 0) is 6.54 Å². The maximum Gasteiger partial charge on any atom is 0.320 e. The number of ether oxygens (including phenoxy) is 1. The molecule has 1 aromatic heterocycles. The summed E-state index contributed by atoms with van der Waals surface area (Å²) in [6, 6.07) is 6.87. The minimum absolute atomic E-state index is 0.376. The highest BCUT2D eigenvalue weighted by Gasteiger charge is 2.21. The van der Waals surface area contributed by atoms with E-state index in [1.807, 2.05) is 25.1 Å². The third-order valence-electron chi connectivity index (χ3n) is 3.18. The van der Waals surface area contributed by atoms with Gasteiger partial charge in [0.1, 0.15) is 5.75 Å². The molecular weight excluding hydrogens is 256 g/mol. The van der Waals surface area contributed by atoms with Crippen LogP contribution in [0.1, 0.15) is 24.3 Å². The van der Waals surface area contributed by atoms with Gasteiger partial charge in [0.05, 0.1) is 19.3 Å². The molecule has 1 aliphatic rings. The summed E-state index contributed by atoms with van der Waals surface area (Å²) in [7, 11) is 1.63. The molecule has 1 heterocycles. The molecule has 6 nitrogen and oxygen atoms in total. The normalized spacial score (nSPS) is 14.3. The molecule has 0 radical (unpaired) electrons. The highest BCUT2D eigenvalue weighted by atomic mass is 16.5. The molecule has 6 heteroatoms. The van der Waals surface area contributed by atoms with Gasteiger partial charge in [-0.3, -0.25) is 0 Å². The van der Waals surface area contributed by atoms with Crippen LogP contribution in [0, 0.1) is 6.92 Å². The van der Waals surface area contributed by atoms with Gasteiger partial charge in [0.25, 0.3) is 0 Å². The molecule has 1 saturated carbocycles. The summed E-state index contributed by atoms with van der Waals surface area (Å²) < 4.78 is 10.9. The number of methoxy groups -OCH3 is 1. The van der Waals surface area contributed by atoms with Crippen LogP contribution in [0.4, 0.5) is 11.7 Å². The standard InChI is InChI=1S/C14H18N4O2/c1-9-3-6-12(19-2)11(7-9)16-14-18-17-13(20-14)8-15-10-4-5-10/h3,6-7,10,15H,4-5,8H2,1-2H3,(H,16,18). The topological polar surface area (TPSA) is 72.2 Å². The fourth-order valence-corrected chi connectivity index (χ4v) is 1.93. The van der Waals surface area contributed by atoms with Gasteiger partial charge in [-0.2, -0.15) is 0 Å². The van der Waals surface area contributed by atoms with Gasteiger partial charge in [-0.15, -0.1) is 5.10 Å². The maximum atomic E-state index is 5.55. The Hall–Kier alpha value is -2.08. The van der Waals surface area contributed by atoms with Crippen molar-refractivity contribution in [1.82, 2.24) is 15.5 Å². The average Bonchev–Trinajstić information content (AvgIpc) is 3.17. The largest absolute Gasteiger partial charge is 0.495 e. The third-order valence-corrected chi connectivity index (χ3v) is 3.18. The van der Waals surface area contributed by atoms with Crippen molar-refractivity contribution in [2.45, 2.75) is 32.4 Å². The highest BCUT2D eigenvalue weighted by Crippen LogP contribution is 2.28. The molecule has 1 aromatic carbocycles. The predicted molar refractivity (Wildman–Crippen MR) is 75.2 cm³/mol. The fourth-order valence-electron chi connectivity index (χ4n) is 1.93. The summed E-state index contributed by atoms with van der Waals surface area (Å²) in [5.41, 5.74) is 1.95. The molecular formula is C14H18N4O2. The molecule has 0 unspecified atom stereocenters. The SMILES string of the molecule is COc1ccc(C)cc1Nc1nnc(CNC2CC2)o1. The van der Waals surface area contributed by atoms with E-state index in [2.05, 4.69) is 20.8 Å². The number of hydrogen-bond donors (Lipinski definition) is 2. The number of nitrogens with zero attached hydrogens (tertiary/aromatic N) is 2. The van der Waals surface area contributed by atoms with Crippen molar-refractivity contribution in [2.24, 2.45) is 0 Å². The van der Waals surface area contributed by atoms with Crippen molar-refractivity contribution in [3.63, 3.8) is 0 Å². The monoisotopic (exact) mass is 274 g/mol. The van der Waals surface area contributed by atoms with Crippen LogP contribution in [0.5, 0.6) is 5.75 Å². The van der Waals surface area contributed by atoms with Crippen molar-refractivity contribution in [1.29, 1.82) is 0 Å². The first-order chi connectivity index (χ1) is 9.74. The molecule has 1 fully saturated rings. The molecule has 0 saturated heterocycles. The van der Waals surface area contributed by atoms with Crippen LogP contribution in [0.3, 0.4) is 0 Å². The molecule has 0 amide bonds. The molecule has 0 atom stereocenters. The third kappa shape index (κ3) is 3.08. The Labute approximate surface area is 117 Å². The summed E-state index contributed by atoms with van der Waals surface area (Å²) in [4.78, 5) is 0. The van der Waals surface area contributed by atoms with Crippen LogP contribution in [0.25, 0.3) is 0 Å². The summed E-state index contributed by atoms with van der Waals surface area (Å²) in [6.45, 7) is 2.63. The lowest BCUT2D eigenvalue weighted by atomic mass is 10.2. The van der Waals surface area contributed by atoms with Gasteiger partial charge in [0, 0.05) is 6.04 Å². The Morgan fingerprint density at radius 2 is 2.20 bits per heavy atom. The van der Waals surface area contributed by atoms with Gasteiger partial charge >= 0.3 is 6.01 Å². The maximum absolute atomic E-state index is 5.55. The fraction of sp³-hybridized carbons (Fsp3) is 0.429. The quantitative estimate of drug-likeness (QED) is 0.842. The van der Waals surface area contributed by atoms with Gasteiger partial charge in [-0.25, -0.2) is 0 Å². The molecule has 3 rings (SSSR count). The Bertz CT molecular complexity index is 593. The summed E-state index contributed by atoms with van der Waals surface area (Å²) >= 11 is 0. The number of anilines is 2. The lowest BCUT2D eigenvalue weighted by Gasteiger charge is -2.08. The number of aryl methyl sites for hydroxylation is 1. The minimum Gasteiger partial charge on any atom is -0.495 e. The van der Waals surface area contributed by atoms with E-state index < -0.39 is 0 Å². The zero-order valence-electron chi connectivity index (χ0n) is 11.6. The molecule has 2 N–H and O–H groups in total. The molecule has 106 valence electrons. The van der Waals surface area contributed by atoms with Crippen molar-refractivity contribution in [2.75, 3.05) is 12.4 Å². The second-order valence-corrected chi connectivity index (χ2v) is 4.98. The van der Waals surface area contributed by atoms with Crippen molar-refractivity contribution < 1.29 is 9.15 Å². The van der Waals surface area contributed by atoms with Crippen molar-refractivity contribution >= 4 is 11.7 Å². The Balaban J connectivity index is 1.68. The second kappa shape index (κ2) is 5.50. The second-order valence-electron chi connectivity index (χ2n) is 4.98. The smallest absolute Gasteiger partial charge is 0.320 e. The summed E-state index contributed by atoms with van der Waals surface area (Å²) in [6.07, 6.45) is 2.47. The van der Waals surface area contributed by atoms with E-state index in [-0.39, 0.29) is 0 Å². The van der Waals surface area contributed by atoms with Gasteiger partial charge < -0.3 is 19.8 Å². The number of benzene rings is 1. The van der Waals surface area contributed by atoms with Crippen LogP contribution >= 0.6 is 0 Å². The number of nitrogens with one attached hydrogen (secondary N) is 2. The van der Waals surface area contributed by atoms with Crippen molar-refractivity contribution in [3.8, 4) is 5.75 Å². The van der Waals surface area contributed by atoms with Crippen LogP contribution in [-0.4, -0.2) is 23.3 Å². The first-order valence-electron chi connectivity index (χ1n) is 6.72. The van der Waals surface area contributed by atoms with Gasteiger partial charge in [0.2, 0.25) is 5.89 Å². The molecule has 0 bridgehead atoms. The molecule has 1 aliphatic carbocycles. The first-order valence-corrected chi connectivity index (χ1v) is 6.72. The number of hydrogen-bond acceptors (Lipinski definition) is 6. The minimum atomic E-state index is 0.376. The first kappa shape index (κ1) is 12.9. The van der Waals surface area contributed by atoms with E-state index >= 15 is 0 Å². The van der Waals surface area contributed by atoms with Gasteiger partial charge in [0.15, 0.2) is 0 Å².